The van der Waals surface area contributed by atoms with Gasteiger partial charge in [0.2, 0.25) is 0 Å². The molecule has 0 heterocycles. The molecule has 0 aromatic heterocycles. The average molecular weight is 320 g/mol. The van der Waals surface area contributed by atoms with Crippen LogP contribution >= 0.6 is 0 Å². The molecule has 0 radical (unpaired) electrons. The molecule has 130 valence electrons. The number of carbonyl (C=O) groups excluding carboxylic acids is 1. The van der Waals surface area contributed by atoms with E-state index in [2.05, 4.69) is 46.8 Å². The van der Waals surface area contributed by atoms with Gasteiger partial charge in [-0.2, -0.15) is 0 Å². The predicted molar refractivity (Wildman–Crippen MR) is 95.3 cm³/mol. The minimum atomic E-state index is 0.241. The van der Waals surface area contributed by atoms with Crippen molar-refractivity contribution < 1.29 is 14.3 Å². The SMILES string of the molecule is CC(=O)CC(C)Cc1ccc(OCC(C)C)c(OCC(C)C)c1. The summed E-state index contributed by atoms with van der Waals surface area (Å²) in [6.07, 6.45) is 1.50. The fourth-order valence-electron chi connectivity index (χ4n) is 2.39. The molecule has 1 atom stereocenters. The number of benzene rings is 1. The average Bonchev–Trinajstić information content (AvgIpc) is 2.42. The van der Waals surface area contributed by atoms with Gasteiger partial charge in [0.05, 0.1) is 13.2 Å². The Kier molecular flexibility index (Phi) is 8.15. The molecule has 0 saturated carbocycles. The molecule has 3 heteroatoms. The van der Waals surface area contributed by atoms with Gasteiger partial charge in [0.1, 0.15) is 5.78 Å². The lowest BCUT2D eigenvalue weighted by Crippen LogP contribution is -2.10. The third kappa shape index (κ3) is 8.06. The summed E-state index contributed by atoms with van der Waals surface area (Å²) in [7, 11) is 0. The van der Waals surface area contributed by atoms with Crippen LogP contribution in [0.15, 0.2) is 18.2 Å². The number of Topliss-reactive ketones (excluding diaryl/α,β-unsaturated/α-hetero) is 1. The number of hydrogen-bond acceptors (Lipinski definition) is 3. The molecule has 0 amide bonds. The lowest BCUT2D eigenvalue weighted by atomic mass is 9.96. The summed E-state index contributed by atoms with van der Waals surface area (Å²) in [4.78, 5) is 11.2. The van der Waals surface area contributed by atoms with Crippen LogP contribution in [0.2, 0.25) is 0 Å². The van der Waals surface area contributed by atoms with Gasteiger partial charge in [0.15, 0.2) is 11.5 Å². The molecular formula is C20H32O3. The van der Waals surface area contributed by atoms with Crippen LogP contribution in [-0.4, -0.2) is 19.0 Å². The van der Waals surface area contributed by atoms with E-state index < -0.39 is 0 Å². The topological polar surface area (TPSA) is 35.5 Å². The van der Waals surface area contributed by atoms with E-state index in [0.29, 0.717) is 37.4 Å². The molecule has 0 aliphatic carbocycles. The Balaban J connectivity index is 2.84. The summed E-state index contributed by atoms with van der Waals surface area (Å²) < 4.78 is 11.8. The molecular weight excluding hydrogens is 288 g/mol. The number of hydrogen-bond donors (Lipinski definition) is 0. The number of ether oxygens (including phenoxy) is 2. The Bertz CT molecular complexity index is 492. The molecule has 0 aliphatic heterocycles. The molecule has 23 heavy (non-hydrogen) atoms. The van der Waals surface area contributed by atoms with Crippen molar-refractivity contribution in [3.05, 3.63) is 23.8 Å². The Morgan fingerprint density at radius 1 is 0.957 bits per heavy atom. The van der Waals surface area contributed by atoms with E-state index in [0.717, 1.165) is 17.9 Å². The molecule has 0 fully saturated rings. The first kappa shape index (κ1) is 19.5. The van der Waals surface area contributed by atoms with Crippen molar-refractivity contribution in [1.29, 1.82) is 0 Å². The summed E-state index contributed by atoms with van der Waals surface area (Å²) in [5.41, 5.74) is 1.19. The molecule has 3 nitrogen and oxygen atoms in total. The van der Waals surface area contributed by atoms with Crippen LogP contribution < -0.4 is 9.47 Å². The van der Waals surface area contributed by atoms with Crippen LogP contribution in [0, 0.1) is 17.8 Å². The smallest absolute Gasteiger partial charge is 0.161 e. The minimum absolute atomic E-state index is 0.241. The van der Waals surface area contributed by atoms with Crippen LogP contribution in [-0.2, 0) is 11.2 Å². The Hall–Kier alpha value is -1.51. The van der Waals surface area contributed by atoms with Crippen molar-refractivity contribution in [2.24, 2.45) is 17.8 Å². The number of carbonyl (C=O) groups is 1. The zero-order valence-corrected chi connectivity index (χ0v) is 15.5. The van der Waals surface area contributed by atoms with Crippen LogP contribution in [0.25, 0.3) is 0 Å². The van der Waals surface area contributed by atoms with Gasteiger partial charge >= 0.3 is 0 Å². The minimum Gasteiger partial charge on any atom is -0.489 e. The molecule has 0 N–H and O–H groups in total. The van der Waals surface area contributed by atoms with Crippen LogP contribution in [0.3, 0.4) is 0 Å². The second kappa shape index (κ2) is 9.59. The summed E-state index contributed by atoms with van der Waals surface area (Å²) >= 11 is 0. The van der Waals surface area contributed by atoms with Crippen molar-refractivity contribution in [2.75, 3.05) is 13.2 Å². The first-order valence-electron chi connectivity index (χ1n) is 8.65. The summed E-state index contributed by atoms with van der Waals surface area (Å²) in [5.74, 6) is 3.14. The summed E-state index contributed by atoms with van der Waals surface area (Å²) in [5, 5.41) is 0. The molecule has 1 aromatic rings. The summed E-state index contributed by atoms with van der Waals surface area (Å²) in [6.45, 7) is 13.6. The molecule has 1 unspecified atom stereocenters. The Labute approximate surface area is 141 Å². The maximum atomic E-state index is 11.2. The van der Waals surface area contributed by atoms with Crippen molar-refractivity contribution in [3.8, 4) is 11.5 Å². The van der Waals surface area contributed by atoms with E-state index >= 15 is 0 Å². The van der Waals surface area contributed by atoms with Crippen molar-refractivity contribution in [3.63, 3.8) is 0 Å². The third-order valence-corrected chi connectivity index (χ3v) is 3.37. The Morgan fingerprint density at radius 3 is 2.04 bits per heavy atom. The first-order chi connectivity index (χ1) is 10.8. The zero-order chi connectivity index (χ0) is 17.4. The fraction of sp³-hybridized carbons (Fsp3) is 0.650. The molecule has 0 aliphatic rings. The second-order valence-corrected chi connectivity index (χ2v) is 7.41. The van der Waals surface area contributed by atoms with E-state index in [1.165, 1.54) is 5.56 Å². The van der Waals surface area contributed by atoms with Crippen molar-refractivity contribution >= 4 is 5.78 Å². The normalized spacial score (nSPS) is 12.5. The van der Waals surface area contributed by atoms with E-state index in [4.69, 9.17) is 9.47 Å². The standard InChI is InChI=1S/C20H32O3/c1-14(2)12-22-19-8-7-18(10-16(5)9-17(6)21)11-20(19)23-13-15(3)4/h7-8,11,14-16H,9-10,12-13H2,1-6H3. The van der Waals surface area contributed by atoms with E-state index in [-0.39, 0.29) is 5.78 Å². The van der Waals surface area contributed by atoms with Gasteiger partial charge in [-0.05, 0) is 48.8 Å². The van der Waals surface area contributed by atoms with E-state index in [9.17, 15) is 4.79 Å². The maximum Gasteiger partial charge on any atom is 0.161 e. The van der Waals surface area contributed by atoms with Gasteiger partial charge in [-0.1, -0.05) is 40.7 Å². The maximum absolute atomic E-state index is 11.2. The first-order valence-corrected chi connectivity index (χ1v) is 8.65. The van der Waals surface area contributed by atoms with E-state index in [1.807, 2.05) is 6.07 Å². The fourth-order valence-corrected chi connectivity index (χ4v) is 2.39. The van der Waals surface area contributed by atoms with Crippen LogP contribution in [0.4, 0.5) is 0 Å². The zero-order valence-electron chi connectivity index (χ0n) is 15.5. The highest BCUT2D eigenvalue weighted by molar-refractivity contribution is 5.75. The molecule has 0 spiro atoms. The number of ketones is 1. The van der Waals surface area contributed by atoms with Gasteiger partial charge < -0.3 is 14.3 Å². The number of rotatable bonds is 10. The molecule has 0 saturated heterocycles. The third-order valence-electron chi connectivity index (χ3n) is 3.37. The highest BCUT2D eigenvalue weighted by atomic mass is 16.5. The lowest BCUT2D eigenvalue weighted by Gasteiger charge is -2.17. The quantitative estimate of drug-likeness (QED) is 0.614. The Morgan fingerprint density at radius 2 is 1.52 bits per heavy atom. The molecule has 1 rings (SSSR count). The monoisotopic (exact) mass is 320 g/mol. The molecule has 0 bridgehead atoms. The van der Waals surface area contributed by atoms with Gasteiger partial charge in [0, 0.05) is 6.42 Å². The lowest BCUT2D eigenvalue weighted by molar-refractivity contribution is -0.117. The van der Waals surface area contributed by atoms with Gasteiger partial charge in [-0.15, -0.1) is 0 Å². The second-order valence-electron chi connectivity index (χ2n) is 7.41. The van der Waals surface area contributed by atoms with Crippen molar-refractivity contribution in [2.45, 2.75) is 54.4 Å². The van der Waals surface area contributed by atoms with E-state index in [1.54, 1.807) is 6.92 Å². The van der Waals surface area contributed by atoms with Gasteiger partial charge in [-0.25, -0.2) is 0 Å². The van der Waals surface area contributed by atoms with Crippen LogP contribution in [0.5, 0.6) is 11.5 Å². The van der Waals surface area contributed by atoms with Crippen LogP contribution in [0.1, 0.15) is 53.5 Å². The van der Waals surface area contributed by atoms with Crippen molar-refractivity contribution in [1.82, 2.24) is 0 Å². The largest absolute Gasteiger partial charge is 0.489 e. The highest BCUT2D eigenvalue weighted by Gasteiger charge is 2.12. The summed E-state index contributed by atoms with van der Waals surface area (Å²) in [6, 6.07) is 6.14. The predicted octanol–water partition coefficient (Wildman–Crippen LogP) is 4.91. The molecule has 1 aromatic carbocycles. The van der Waals surface area contributed by atoms with Gasteiger partial charge in [0.25, 0.3) is 0 Å². The highest BCUT2D eigenvalue weighted by Crippen LogP contribution is 2.30. The van der Waals surface area contributed by atoms with Gasteiger partial charge in [-0.3, -0.25) is 0 Å².